The largest absolute Gasteiger partial charge is 0.339 e. The molecule has 24 heavy (non-hydrogen) atoms. The Hall–Kier alpha value is -1.85. The smallest absolute Gasteiger partial charge is 0.263 e. The normalized spacial score (nSPS) is 12.0. The van der Waals surface area contributed by atoms with E-state index in [1.165, 1.54) is 11.1 Å². The lowest BCUT2D eigenvalue weighted by Gasteiger charge is -2.23. The number of H-pyrrole nitrogens is 1. The molecule has 1 atom stereocenters. The van der Waals surface area contributed by atoms with Gasteiger partial charge < -0.3 is 9.88 Å². The number of nitrogens with zero attached hydrogens (tertiary/aromatic N) is 2. The summed E-state index contributed by atoms with van der Waals surface area (Å²) in [7, 11) is 1.67. The number of carbonyl (C=O) groups excluding carboxylic acids is 1. The summed E-state index contributed by atoms with van der Waals surface area (Å²) in [4.78, 5) is 33.0. The van der Waals surface area contributed by atoms with Gasteiger partial charge in [-0.15, -0.1) is 0 Å². The summed E-state index contributed by atoms with van der Waals surface area (Å²) >= 11 is 12.3. The van der Waals surface area contributed by atoms with Crippen LogP contribution in [0.4, 0.5) is 0 Å². The van der Waals surface area contributed by atoms with E-state index in [1.54, 1.807) is 25.2 Å². The average Bonchev–Trinajstić information content (AvgIpc) is 2.56. The second-order valence-corrected chi connectivity index (χ2v) is 6.44. The number of hydrogen-bond acceptors (Lipinski definition) is 3. The van der Waals surface area contributed by atoms with Crippen LogP contribution < -0.4 is 5.56 Å². The van der Waals surface area contributed by atoms with Crippen molar-refractivity contribution in [2.24, 2.45) is 0 Å². The Balaban J connectivity index is 2.27. The molecule has 1 aromatic carbocycles. The Labute approximate surface area is 150 Å². The highest BCUT2D eigenvalue weighted by Crippen LogP contribution is 2.25. The van der Waals surface area contributed by atoms with Gasteiger partial charge in [0.25, 0.3) is 11.5 Å². The number of aromatic nitrogens is 2. The topological polar surface area (TPSA) is 66.1 Å². The van der Waals surface area contributed by atoms with Crippen molar-refractivity contribution in [3.63, 3.8) is 0 Å². The van der Waals surface area contributed by atoms with Crippen LogP contribution in [0.2, 0.25) is 10.0 Å². The number of amides is 1. The Kier molecular flexibility index (Phi) is 6.02. The van der Waals surface area contributed by atoms with E-state index in [9.17, 15) is 9.59 Å². The third-order valence-electron chi connectivity index (χ3n) is 4.06. The van der Waals surface area contributed by atoms with Gasteiger partial charge in [-0.05, 0) is 31.0 Å². The van der Waals surface area contributed by atoms with Crippen molar-refractivity contribution in [2.45, 2.75) is 32.7 Å². The number of aromatic amines is 1. The summed E-state index contributed by atoms with van der Waals surface area (Å²) in [5.41, 5.74) is 0.231. The molecule has 2 rings (SSSR count). The van der Waals surface area contributed by atoms with Gasteiger partial charge in [0.15, 0.2) is 0 Å². The third kappa shape index (κ3) is 3.97. The molecule has 0 saturated carbocycles. The number of nitrogens with one attached hydrogen (secondary N) is 1. The molecule has 1 N–H and O–H groups in total. The molecule has 2 aromatic rings. The van der Waals surface area contributed by atoms with E-state index in [-0.39, 0.29) is 23.9 Å². The molecule has 0 unspecified atom stereocenters. The molecule has 5 nitrogen and oxygen atoms in total. The Morgan fingerprint density at radius 3 is 2.50 bits per heavy atom. The molecule has 0 saturated heterocycles. The second kappa shape index (κ2) is 7.81. The first-order valence-electron chi connectivity index (χ1n) is 7.63. The van der Waals surface area contributed by atoms with Gasteiger partial charge in [-0.3, -0.25) is 9.59 Å². The third-order valence-corrected chi connectivity index (χ3v) is 4.77. The van der Waals surface area contributed by atoms with Gasteiger partial charge >= 0.3 is 0 Å². The van der Waals surface area contributed by atoms with Crippen LogP contribution in [0.1, 0.15) is 42.0 Å². The summed E-state index contributed by atoms with van der Waals surface area (Å²) in [6.07, 6.45) is 2.39. The van der Waals surface area contributed by atoms with E-state index in [2.05, 4.69) is 9.97 Å². The first kappa shape index (κ1) is 18.5. The van der Waals surface area contributed by atoms with Gasteiger partial charge in [0.05, 0.1) is 0 Å². The number of halogens is 2. The van der Waals surface area contributed by atoms with E-state index in [0.717, 1.165) is 6.42 Å². The molecule has 7 heteroatoms. The highest BCUT2D eigenvalue weighted by atomic mass is 35.5. The van der Waals surface area contributed by atoms with Crippen molar-refractivity contribution in [1.82, 2.24) is 14.9 Å². The van der Waals surface area contributed by atoms with Crippen LogP contribution in [0.3, 0.4) is 0 Å². The van der Waals surface area contributed by atoms with Gasteiger partial charge in [-0.25, -0.2) is 4.98 Å². The molecular formula is C17H19Cl2N3O2. The van der Waals surface area contributed by atoms with Crippen LogP contribution in [-0.4, -0.2) is 33.9 Å². The number of benzene rings is 1. The number of hydrogen-bond donors (Lipinski definition) is 1. The summed E-state index contributed by atoms with van der Waals surface area (Å²) in [5.74, 6) is 0.0539. The molecular weight excluding hydrogens is 349 g/mol. The molecule has 0 aliphatic heterocycles. The van der Waals surface area contributed by atoms with Crippen LogP contribution >= 0.6 is 23.2 Å². The number of rotatable bonds is 5. The molecule has 0 radical (unpaired) electrons. The molecule has 0 fully saturated rings. The first-order chi connectivity index (χ1) is 11.3. The first-order valence-corrected chi connectivity index (χ1v) is 8.39. The highest BCUT2D eigenvalue weighted by Gasteiger charge is 2.20. The molecule has 1 amide bonds. The number of carbonyl (C=O) groups is 1. The standard InChI is InChI=1S/C17H19Cl2N3O2/c1-4-10(2)22(3)17(24)12-9-20-15(21-16(12)23)8-11-13(18)6-5-7-14(11)19/h5-7,9-10H,4,8H2,1-3H3,(H,20,21,23)/t10-/m1/s1. The van der Waals surface area contributed by atoms with Crippen LogP contribution in [0.5, 0.6) is 0 Å². The van der Waals surface area contributed by atoms with E-state index >= 15 is 0 Å². The molecule has 1 aromatic heterocycles. The van der Waals surface area contributed by atoms with E-state index in [1.807, 2.05) is 13.8 Å². The van der Waals surface area contributed by atoms with Crippen LogP contribution in [0, 0.1) is 0 Å². The van der Waals surface area contributed by atoms with Crippen LogP contribution in [0.25, 0.3) is 0 Å². The van der Waals surface area contributed by atoms with E-state index in [0.29, 0.717) is 21.4 Å². The fraction of sp³-hybridized carbons (Fsp3) is 0.353. The lowest BCUT2D eigenvalue weighted by Crippen LogP contribution is -2.37. The van der Waals surface area contributed by atoms with Crippen molar-refractivity contribution in [1.29, 1.82) is 0 Å². The van der Waals surface area contributed by atoms with Gasteiger partial charge in [0.2, 0.25) is 0 Å². The zero-order valence-electron chi connectivity index (χ0n) is 13.8. The minimum atomic E-state index is -0.469. The van der Waals surface area contributed by atoms with Crippen LogP contribution in [-0.2, 0) is 6.42 Å². The van der Waals surface area contributed by atoms with Gasteiger partial charge in [0, 0.05) is 35.8 Å². The van der Waals surface area contributed by atoms with Crippen molar-refractivity contribution < 1.29 is 4.79 Å². The lowest BCUT2D eigenvalue weighted by molar-refractivity contribution is 0.0738. The molecule has 0 spiro atoms. The molecule has 128 valence electrons. The maximum atomic E-state index is 12.4. The zero-order valence-corrected chi connectivity index (χ0v) is 15.3. The van der Waals surface area contributed by atoms with Crippen molar-refractivity contribution >= 4 is 29.1 Å². The maximum absolute atomic E-state index is 12.4. The Morgan fingerprint density at radius 1 is 1.33 bits per heavy atom. The van der Waals surface area contributed by atoms with Crippen LogP contribution in [0.15, 0.2) is 29.2 Å². The summed E-state index contributed by atoms with van der Waals surface area (Å²) in [6, 6.07) is 5.23. The van der Waals surface area contributed by atoms with Crippen molar-refractivity contribution in [3.8, 4) is 0 Å². The zero-order chi connectivity index (χ0) is 17.9. The minimum absolute atomic E-state index is 0.0202. The Bertz CT molecular complexity index is 784. The van der Waals surface area contributed by atoms with Crippen molar-refractivity contribution in [2.75, 3.05) is 7.05 Å². The highest BCUT2D eigenvalue weighted by molar-refractivity contribution is 6.36. The van der Waals surface area contributed by atoms with E-state index < -0.39 is 5.56 Å². The summed E-state index contributed by atoms with van der Waals surface area (Å²) < 4.78 is 0. The van der Waals surface area contributed by atoms with Crippen molar-refractivity contribution in [3.05, 3.63) is 61.7 Å². The second-order valence-electron chi connectivity index (χ2n) is 5.62. The fourth-order valence-electron chi connectivity index (χ4n) is 2.21. The fourth-order valence-corrected chi connectivity index (χ4v) is 2.74. The van der Waals surface area contributed by atoms with Gasteiger partial charge in [-0.2, -0.15) is 0 Å². The molecule has 1 heterocycles. The molecule has 0 aliphatic carbocycles. The Morgan fingerprint density at radius 2 is 1.96 bits per heavy atom. The summed E-state index contributed by atoms with van der Waals surface area (Å²) in [5, 5.41) is 1.00. The molecule has 0 aliphatic rings. The predicted molar refractivity (Wildman–Crippen MR) is 96.0 cm³/mol. The minimum Gasteiger partial charge on any atom is -0.339 e. The molecule has 0 bridgehead atoms. The predicted octanol–water partition coefficient (Wildman–Crippen LogP) is 3.54. The quantitative estimate of drug-likeness (QED) is 0.878. The van der Waals surface area contributed by atoms with E-state index in [4.69, 9.17) is 23.2 Å². The summed E-state index contributed by atoms with van der Waals surface area (Å²) in [6.45, 7) is 3.90. The van der Waals surface area contributed by atoms with Gasteiger partial charge in [0.1, 0.15) is 11.4 Å². The van der Waals surface area contributed by atoms with Gasteiger partial charge in [-0.1, -0.05) is 36.2 Å². The average molecular weight is 368 g/mol. The maximum Gasteiger partial charge on any atom is 0.263 e. The SMILES string of the molecule is CC[C@@H](C)N(C)C(=O)c1cnc(Cc2c(Cl)cccc2Cl)[nH]c1=O. The monoisotopic (exact) mass is 367 g/mol. The lowest BCUT2D eigenvalue weighted by atomic mass is 10.1.